The van der Waals surface area contributed by atoms with Crippen LogP contribution in [-0.4, -0.2) is 57.3 Å². The second-order valence-corrected chi connectivity index (χ2v) is 18.6. The van der Waals surface area contributed by atoms with Gasteiger partial charge in [0, 0.05) is 16.4 Å². The summed E-state index contributed by atoms with van der Waals surface area (Å²) < 4.78 is 15.5. The number of allylic oxidation sites excluding steroid dienone is 1. The zero-order valence-electron chi connectivity index (χ0n) is 31.2. The van der Waals surface area contributed by atoms with E-state index in [1.807, 2.05) is 4.68 Å². The number of carboxylic acid groups (broad SMARTS) is 1. The Kier molecular flexibility index (Phi) is 8.61. The van der Waals surface area contributed by atoms with Crippen LogP contribution in [0, 0.1) is 69.2 Å². The van der Waals surface area contributed by atoms with Crippen LogP contribution in [0.25, 0.3) is 4.85 Å². The van der Waals surface area contributed by atoms with Crippen LogP contribution < -0.4 is 5.73 Å². The fourth-order valence-electron chi connectivity index (χ4n) is 12.1. The van der Waals surface area contributed by atoms with Gasteiger partial charge in [0.05, 0.1) is 37.9 Å². The molecule has 0 aromatic carbocycles. The Hall–Kier alpha value is -2.28. The molecule has 1 aromatic rings. The summed E-state index contributed by atoms with van der Waals surface area (Å²) in [6.45, 7) is 31.7. The van der Waals surface area contributed by atoms with Gasteiger partial charge in [0.15, 0.2) is 6.33 Å². The van der Waals surface area contributed by atoms with Crippen molar-refractivity contribution in [3.05, 3.63) is 29.4 Å². The number of hydrogen-bond donors (Lipinski definition) is 2. The van der Waals surface area contributed by atoms with Gasteiger partial charge in [-0.2, -0.15) is 4.68 Å². The van der Waals surface area contributed by atoms with Gasteiger partial charge in [-0.3, -0.25) is 4.79 Å². The largest absolute Gasteiger partial charge is 0.481 e. The number of rotatable bonds is 8. The Morgan fingerprint density at radius 3 is 2.48 bits per heavy atom. The van der Waals surface area contributed by atoms with Gasteiger partial charge in [-0.15, -0.1) is 11.6 Å². The standard InChI is InChI=1S/C39H61N5O4/c1-23(2)25(5)34(6)16-17-36(8)26-12-13-29-35(7)19-47-21-39(29,27(26)14-15-37(36,9)30(34)32(45)46)18-28(44-22-42-33(41-11)43-44)31(35)48-20-38(10,40)24(3)4/h14,22-26,28-31H,12-13,15-21,40H2,1-10H3,(H,45,46)/t25-,26+,28-,29+,30-,31+,34-,35-,36-,37+,38+,39+/m1/s1. The fourth-order valence-corrected chi connectivity index (χ4v) is 12.1. The number of hydrogen-bond acceptors (Lipinski definition) is 6. The molecule has 0 amide bonds. The van der Waals surface area contributed by atoms with Gasteiger partial charge < -0.3 is 25.2 Å². The van der Waals surface area contributed by atoms with E-state index in [4.69, 9.17) is 21.8 Å². The molecule has 48 heavy (non-hydrogen) atoms. The van der Waals surface area contributed by atoms with Crippen LogP contribution in [0.5, 0.6) is 0 Å². The summed E-state index contributed by atoms with van der Waals surface area (Å²) in [4.78, 5) is 21.3. The minimum atomic E-state index is -0.636. The molecule has 3 saturated carbocycles. The molecule has 9 nitrogen and oxygen atoms in total. The molecule has 1 aromatic heterocycles. The lowest BCUT2D eigenvalue weighted by atomic mass is 9.34. The second-order valence-electron chi connectivity index (χ2n) is 18.6. The number of ether oxygens (including phenoxy) is 2. The molecule has 0 spiro atoms. The van der Waals surface area contributed by atoms with Crippen molar-refractivity contribution in [2.75, 3.05) is 19.8 Å². The number of fused-ring (bicyclic) bond motifs is 3. The fraction of sp³-hybridized carbons (Fsp3) is 0.846. The maximum Gasteiger partial charge on any atom is 0.393 e. The molecule has 3 N–H and O–H groups in total. The molecule has 2 bridgehead atoms. The molecule has 2 heterocycles. The molecule has 266 valence electrons. The normalized spacial score (nSPS) is 44.1. The third kappa shape index (κ3) is 4.82. The van der Waals surface area contributed by atoms with Crippen molar-refractivity contribution >= 4 is 11.9 Å². The first-order chi connectivity index (χ1) is 22.3. The Morgan fingerprint density at radius 1 is 1.17 bits per heavy atom. The van der Waals surface area contributed by atoms with Crippen molar-refractivity contribution < 1.29 is 19.4 Å². The van der Waals surface area contributed by atoms with Crippen LogP contribution in [-0.2, 0) is 14.3 Å². The van der Waals surface area contributed by atoms with Crippen LogP contribution in [0.4, 0.5) is 5.95 Å². The van der Waals surface area contributed by atoms with Gasteiger partial charge in [-0.05, 0) is 91.3 Å². The topological polar surface area (TPSA) is 117 Å². The lowest BCUT2D eigenvalue weighted by Crippen LogP contribution is -2.69. The van der Waals surface area contributed by atoms with Gasteiger partial charge in [0.2, 0.25) is 0 Å². The minimum Gasteiger partial charge on any atom is -0.481 e. The van der Waals surface area contributed by atoms with Crippen LogP contribution in [0.1, 0.15) is 114 Å². The predicted molar refractivity (Wildman–Crippen MR) is 186 cm³/mol. The van der Waals surface area contributed by atoms with E-state index in [-0.39, 0.29) is 57.0 Å². The van der Waals surface area contributed by atoms with E-state index in [0.29, 0.717) is 37.6 Å². The molecule has 4 aliphatic carbocycles. The third-order valence-corrected chi connectivity index (χ3v) is 15.9. The quantitative estimate of drug-likeness (QED) is 0.216. The molecular weight excluding hydrogens is 602 g/mol. The van der Waals surface area contributed by atoms with E-state index in [1.54, 1.807) is 6.33 Å². The average Bonchev–Trinajstić information content (AvgIpc) is 3.49. The third-order valence-electron chi connectivity index (χ3n) is 15.9. The molecule has 12 atom stereocenters. The Balaban J connectivity index is 1.45. The van der Waals surface area contributed by atoms with E-state index < -0.39 is 17.4 Å². The Morgan fingerprint density at radius 2 is 1.88 bits per heavy atom. The number of nitrogens with zero attached hydrogens (tertiary/aromatic N) is 4. The van der Waals surface area contributed by atoms with Crippen molar-refractivity contribution in [2.24, 2.45) is 68.3 Å². The van der Waals surface area contributed by atoms with Crippen molar-refractivity contribution in [1.82, 2.24) is 14.8 Å². The zero-order chi connectivity index (χ0) is 35.2. The van der Waals surface area contributed by atoms with Gasteiger partial charge >= 0.3 is 11.9 Å². The Bertz CT molecular complexity index is 1490. The first-order valence-corrected chi connectivity index (χ1v) is 18.5. The van der Waals surface area contributed by atoms with Gasteiger partial charge in [0.1, 0.15) is 0 Å². The van der Waals surface area contributed by atoms with Crippen molar-refractivity contribution in [3.8, 4) is 0 Å². The average molecular weight is 664 g/mol. The van der Waals surface area contributed by atoms with Crippen LogP contribution in [0.15, 0.2) is 18.0 Å². The number of aliphatic carboxylic acids is 1. The van der Waals surface area contributed by atoms with E-state index in [0.717, 1.165) is 38.5 Å². The molecule has 1 saturated heterocycles. The summed E-state index contributed by atoms with van der Waals surface area (Å²) in [5.41, 5.74) is 6.40. The van der Waals surface area contributed by atoms with E-state index >= 15 is 0 Å². The lowest BCUT2D eigenvalue weighted by Gasteiger charge is -2.71. The molecule has 5 aliphatic rings. The lowest BCUT2D eigenvalue weighted by molar-refractivity contribution is -0.252. The highest BCUT2D eigenvalue weighted by Gasteiger charge is 2.72. The summed E-state index contributed by atoms with van der Waals surface area (Å²) in [5, 5.41) is 15.7. The van der Waals surface area contributed by atoms with E-state index in [1.165, 1.54) is 5.57 Å². The van der Waals surface area contributed by atoms with Crippen molar-refractivity contribution in [2.45, 2.75) is 125 Å². The number of aromatic nitrogens is 3. The minimum absolute atomic E-state index is 0.143. The number of carbonyl (C=O) groups is 1. The summed E-state index contributed by atoms with van der Waals surface area (Å²) >= 11 is 0. The highest BCUT2D eigenvalue weighted by atomic mass is 16.5. The van der Waals surface area contributed by atoms with Gasteiger partial charge in [-0.1, -0.05) is 79.1 Å². The first kappa shape index (κ1) is 35.5. The highest BCUT2D eigenvalue weighted by Crippen LogP contribution is 2.75. The second kappa shape index (κ2) is 11.6. The van der Waals surface area contributed by atoms with Crippen LogP contribution in [0.3, 0.4) is 0 Å². The molecule has 0 radical (unpaired) electrons. The zero-order valence-corrected chi connectivity index (χ0v) is 31.2. The SMILES string of the molecule is [C-]#[N+]c1ncn([C@@H]2C[C@@]34COC[C@](C)([C@@H]3CC[C@H]3C4=CC[C@@]4(C)[C@H](C(=O)O)[C@@](C)([C@H](C)C(C)C)CC[C@]34C)[C@H]2OC[C@](C)(N)C(C)C)n1. The molecule has 6 rings (SSSR count). The molecular formula is C39H61N5O4. The number of carboxylic acids is 1. The predicted octanol–water partition coefficient (Wildman–Crippen LogP) is 7.72. The molecule has 0 unspecified atom stereocenters. The van der Waals surface area contributed by atoms with Crippen LogP contribution in [0.2, 0.25) is 0 Å². The van der Waals surface area contributed by atoms with Gasteiger partial charge in [-0.25, -0.2) is 0 Å². The monoisotopic (exact) mass is 663 g/mol. The first-order valence-electron chi connectivity index (χ1n) is 18.5. The molecule has 9 heteroatoms. The summed E-state index contributed by atoms with van der Waals surface area (Å²) in [5.74, 6) is 0.662. The molecule has 1 aliphatic heterocycles. The number of nitrogens with two attached hydrogens (primary N) is 1. The van der Waals surface area contributed by atoms with Crippen molar-refractivity contribution in [1.29, 1.82) is 0 Å². The maximum absolute atomic E-state index is 13.4. The molecule has 4 fully saturated rings. The maximum atomic E-state index is 13.4. The highest BCUT2D eigenvalue weighted by molar-refractivity contribution is 5.73. The summed E-state index contributed by atoms with van der Waals surface area (Å²) in [6.07, 6.45) is 9.55. The summed E-state index contributed by atoms with van der Waals surface area (Å²) in [6, 6.07) is -0.143. The summed E-state index contributed by atoms with van der Waals surface area (Å²) in [7, 11) is 0. The van der Waals surface area contributed by atoms with Gasteiger partial charge in [0.25, 0.3) is 0 Å². The van der Waals surface area contributed by atoms with E-state index in [9.17, 15) is 9.90 Å². The smallest absolute Gasteiger partial charge is 0.393 e. The van der Waals surface area contributed by atoms with E-state index in [2.05, 4.69) is 90.2 Å². The Labute approximate surface area is 288 Å². The van der Waals surface area contributed by atoms with Crippen molar-refractivity contribution in [3.63, 3.8) is 0 Å². The van der Waals surface area contributed by atoms with Crippen LogP contribution >= 0.6 is 0 Å².